The Morgan fingerprint density at radius 3 is 2.52 bits per heavy atom. The lowest BCUT2D eigenvalue weighted by Crippen LogP contribution is -2.61. The largest absolute Gasteiger partial charge is 0.377 e. The molecule has 3 heteroatoms. The van der Waals surface area contributed by atoms with Gasteiger partial charge in [-0.1, -0.05) is 57.5 Å². The third-order valence-electron chi connectivity index (χ3n) is 4.63. The van der Waals surface area contributed by atoms with E-state index in [1.165, 1.54) is 5.56 Å². The van der Waals surface area contributed by atoms with Crippen LogP contribution >= 0.6 is 11.6 Å². The van der Waals surface area contributed by atoms with Crippen LogP contribution in [0.2, 0.25) is 5.02 Å². The molecule has 1 aromatic rings. The second-order valence-electron chi connectivity index (χ2n) is 7.24. The molecule has 0 amide bonds. The molecule has 2 unspecified atom stereocenters. The molecule has 1 aliphatic rings. The van der Waals surface area contributed by atoms with Crippen LogP contribution in [0.5, 0.6) is 0 Å². The Morgan fingerprint density at radius 2 is 1.95 bits per heavy atom. The van der Waals surface area contributed by atoms with E-state index in [1.807, 2.05) is 18.2 Å². The number of benzene rings is 1. The van der Waals surface area contributed by atoms with Crippen LogP contribution in [0.25, 0.3) is 0 Å². The molecule has 21 heavy (non-hydrogen) atoms. The van der Waals surface area contributed by atoms with Gasteiger partial charge in [-0.15, -0.1) is 0 Å². The molecule has 1 N–H and O–H groups in total. The Balaban J connectivity index is 1.92. The van der Waals surface area contributed by atoms with Crippen LogP contribution in [-0.4, -0.2) is 18.8 Å². The van der Waals surface area contributed by atoms with Crippen molar-refractivity contribution in [3.63, 3.8) is 0 Å². The minimum Gasteiger partial charge on any atom is -0.377 e. The third-order valence-corrected chi connectivity index (χ3v) is 4.98. The number of hydrogen-bond donors (Lipinski definition) is 1. The zero-order valence-corrected chi connectivity index (χ0v) is 14.6. The van der Waals surface area contributed by atoms with Crippen LogP contribution in [0.1, 0.15) is 52.6 Å². The molecule has 0 aliphatic heterocycles. The molecule has 3 atom stereocenters. The highest BCUT2D eigenvalue weighted by Gasteiger charge is 2.49. The van der Waals surface area contributed by atoms with Crippen LogP contribution in [0.4, 0.5) is 0 Å². The van der Waals surface area contributed by atoms with Gasteiger partial charge in [0, 0.05) is 29.1 Å². The van der Waals surface area contributed by atoms with E-state index in [0.29, 0.717) is 18.1 Å². The van der Waals surface area contributed by atoms with Crippen LogP contribution in [-0.2, 0) is 4.74 Å². The second-order valence-corrected chi connectivity index (χ2v) is 7.64. The maximum Gasteiger partial charge on any atom is 0.0656 e. The summed E-state index contributed by atoms with van der Waals surface area (Å²) in [6.07, 6.45) is 1.44. The van der Waals surface area contributed by atoms with Gasteiger partial charge in [-0.05, 0) is 30.9 Å². The molecule has 0 spiro atoms. The molecule has 2 rings (SSSR count). The molecule has 118 valence electrons. The lowest BCUT2D eigenvalue weighted by atomic mass is 9.64. The van der Waals surface area contributed by atoms with E-state index in [-0.39, 0.29) is 11.5 Å². The number of ether oxygens (including phenoxy) is 1. The molecular formula is C18H28ClNO. The average molecular weight is 310 g/mol. The molecule has 1 fully saturated rings. The zero-order chi connectivity index (χ0) is 15.6. The van der Waals surface area contributed by atoms with Gasteiger partial charge in [-0.25, -0.2) is 0 Å². The van der Waals surface area contributed by atoms with Crippen molar-refractivity contribution in [1.82, 2.24) is 5.32 Å². The first-order chi connectivity index (χ1) is 9.82. The summed E-state index contributed by atoms with van der Waals surface area (Å²) in [4.78, 5) is 0. The Bertz CT molecular complexity index is 472. The molecule has 0 aromatic heterocycles. The van der Waals surface area contributed by atoms with Gasteiger partial charge in [-0.3, -0.25) is 0 Å². The summed E-state index contributed by atoms with van der Waals surface area (Å²) in [5, 5.41) is 4.55. The fourth-order valence-electron chi connectivity index (χ4n) is 2.98. The average Bonchev–Trinajstić information content (AvgIpc) is 2.41. The van der Waals surface area contributed by atoms with E-state index in [9.17, 15) is 0 Å². The van der Waals surface area contributed by atoms with Crippen molar-refractivity contribution in [1.29, 1.82) is 0 Å². The van der Waals surface area contributed by atoms with E-state index < -0.39 is 0 Å². The molecule has 0 saturated heterocycles. The first-order valence-electron chi connectivity index (χ1n) is 7.94. The number of rotatable bonds is 6. The minimum atomic E-state index is 0.171. The van der Waals surface area contributed by atoms with Gasteiger partial charge >= 0.3 is 0 Å². The first kappa shape index (κ1) is 16.8. The van der Waals surface area contributed by atoms with Crippen molar-refractivity contribution in [3.05, 3.63) is 34.9 Å². The molecule has 1 aliphatic carbocycles. The highest BCUT2D eigenvalue weighted by atomic mass is 35.5. The van der Waals surface area contributed by atoms with Crippen LogP contribution in [0, 0.1) is 11.3 Å². The first-order valence-corrected chi connectivity index (χ1v) is 8.32. The quantitative estimate of drug-likeness (QED) is 0.812. The van der Waals surface area contributed by atoms with Crippen molar-refractivity contribution >= 4 is 11.6 Å². The van der Waals surface area contributed by atoms with Crippen LogP contribution < -0.4 is 5.32 Å². The molecule has 0 radical (unpaired) electrons. The standard InChI is InChI=1S/C18H28ClNO/c1-12(2)11-21-17-10-16(18(17,4)5)20-13(3)14-8-6-7-9-15(14)19/h6-9,12-13,16-17,20H,10-11H2,1-5H3/t13-,16?,17?/m0/s1. The van der Waals surface area contributed by atoms with E-state index in [0.717, 1.165) is 18.1 Å². The normalized spacial score (nSPS) is 25.7. The second kappa shape index (κ2) is 6.68. The van der Waals surface area contributed by atoms with Crippen LogP contribution in [0.15, 0.2) is 24.3 Å². The number of hydrogen-bond acceptors (Lipinski definition) is 2. The Kier molecular flexibility index (Phi) is 5.34. The smallest absolute Gasteiger partial charge is 0.0656 e. The van der Waals surface area contributed by atoms with Crippen molar-refractivity contribution in [2.45, 2.75) is 59.2 Å². The van der Waals surface area contributed by atoms with Crippen molar-refractivity contribution in [3.8, 4) is 0 Å². The molecule has 1 aromatic carbocycles. The van der Waals surface area contributed by atoms with Gasteiger partial charge in [-0.2, -0.15) is 0 Å². The molecule has 2 nitrogen and oxygen atoms in total. The predicted molar refractivity (Wildman–Crippen MR) is 89.8 cm³/mol. The summed E-state index contributed by atoms with van der Waals surface area (Å²) < 4.78 is 6.03. The number of halogens is 1. The summed E-state index contributed by atoms with van der Waals surface area (Å²) in [5.74, 6) is 0.592. The fourth-order valence-corrected chi connectivity index (χ4v) is 3.28. The summed E-state index contributed by atoms with van der Waals surface area (Å²) >= 11 is 6.28. The van der Waals surface area contributed by atoms with Crippen molar-refractivity contribution in [2.75, 3.05) is 6.61 Å². The maximum absolute atomic E-state index is 6.28. The monoisotopic (exact) mass is 309 g/mol. The molecule has 1 saturated carbocycles. The molecule has 0 heterocycles. The molecular weight excluding hydrogens is 282 g/mol. The van der Waals surface area contributed by atoms with Gasteiger partial charge in [0.2, 0.25) is 0 Å². The Morgan fingerprint density at radius 1 is 1.29 bits per heavy atom. The lowest BCUT2D eigenvalue weighted by Gasteiger charge is -2.53. The van der Waals surface area contributed by atoms with E-state index >= 15 is 0 Å². The fraction of sp³-hybridized carbons (Fsp3) is 0.667. The van der Waals surface area contributed by atoms with Gasteiger partial charge in [0.05, 0.1) is 6.10 Å². The lowest BCUT2D eigenvalue weighted by molar-refractivity contribution is -0.125. The maximum atomic E-state index is 6.28. The number of nitrogens with one attached hydrogen (secondary N) is 1. The van der Waals surface area contributed by atoms with Crippen molar-refractivity contribution < 1.29 is 4.74 Å². The summed E-state index contributed by atoms with van der Waals surface area (Å²) in [6.45, 7) is 12.0. The predicted octanol–water partition coefficient (Wildman–Crippen LogP) is 4.83. The van der Waals surface area contributed by atoms with Crippen molar-refractivity contribution in [2.24, 2.45) is 11.3 Å². The van der Waals surface area contributed by atoms with E-state index in [4.69, 9.17) is 16.3 Å². The highest BCUT2D eigenvalue weighted by molar-refractivity contribution is 6.31. The zero-order valence-electron chi connectivity index (χ0n) is 13.8. The van der Waals surface area contributed by atoms with Gasteiger partial charge in [0.25, 0.3) is 0 Å². The van der Waals surface area contributed by atoms with E-state index in [1.54, 1.807) is 0 Å². The van der Waals surface area contributed by atoms with E-state index in [2.05, 4.69) is 46.0 Å². The topological polar surface area (TPSA) is 21.3 Å². The highest BCUT2D eigenvalue weighted by Crippen LogP contribution is 2.44. The Hall–Kier alpha value is -0.570. The molecule has 0 bridgehead atoms. The SMILES string of the molecule is CC(C)COC1CC(N[C@@H](C)c2ccccc2Cl)C1(C)C. The Labute approximate surface area is 134 Å². The van der Waals surface area contributed by atoms with Gasteiger partial charge in [0.15, 0.2) is 0 Å². The van der Waals surface area contributed by atoms with Gasteiger partial charge < -0.3 is 10.1 Å². The third kappa shape index (κ3) is 3.80. The van der Waals surface area contributed by atoms with Crippen LogP contribution in [0.3, 0.4) is 0 Å². The minimum absolute atomic E-state index is 0.171. The summed E-state index contributed by atoms with van der Waals surface area (Å²) in [6, 6.07) is 8.80. The van der Waals surface area contributed by atoms with Gasteiger partial charge in [0.1, 0.15) is 0 Å². The summed E-state index contributed by atoms with van der Waals surface area (Å²) in [7, 11) is 0. The summed E-state index contributed by atoms with van der Waals surface area (Å²) in [5.41, 5.74) is 1.34.